The summed E-state index contributed by atoms with van der Waals surface area (Å²) in [6, 6.07) is 14.4. The molecule has 0 unspecified atom stereocenters. The maximum Gasteiger partial charge on any atom is 0.516 e. The first-order chi connectivity index (χ1) is 18.9. The molecule has 0 saturated carbocycles. The monoisotopic (exact) mass is 635 g/mol. The van der Waals surface area contributed by atoms with Gasteiger partial charge in [0.1, 0.15) is 22.6 Å². The summed E-state index contributed by atoms with van der Waals surface area (Å²) in [6.45, 7) is 2.33. The van der Waals surface area contributed by atoms with Gasteiger partial charge in [-0.05, 0) is 57.9 Å². The molecule has 0 saturated heterocycles. The number of nitrogens with one attached hydrogen (secondary N) is 2. The Morgan fingerprint density at radius 1 is 1.10 bits per heavy atom. The molecule has 2 aromatic carbocycles. The Balaban J connectivity index is 1.55. The summed E-state index contributed by atoms with van der Waals surface area (Å²) in [5, 5.41) is 3.19. The molecule has 9 nitrogen and oxygen atoms in total. The molecule has 3 heterocycles. The van der Waals surface area contributed by atoms with Crippen molar-refractivity contribution in [3.63, 3.8) is 0 Å². The van der Waals surface area contributed by atoms with Crippen molar-refractivity contribution >= 4 is 59.7 Å². The number of amides is 1. The summed E-state index contributed by atoms with van der Waals surface area (Å²) in [4.78, 5) is 21.3. The number of anilines is 1. The van der Waals surface area contributed by atoms with E-state index in [4.69, 9.17) is 4.42 Å². The van der Waals surface area contributed by atoms with Crippen molar-refractivity contribution in [1.29, 1.82) is 0 Å². The molecule has 0 radical (unpaired) electrons. The van der Waals surface area contributed by atoms with Crippen LogP contribution in [0.25, 0.3) is 33.5 Å². The van der Waals surface area contributed by atoms with E-state index in [1.54, 1.807) is 29.0 Å². The Kier molecular flexibility index (Phi) is 7.08. The van der Waals surface area contributed by atoms with Crippen molar-refractivity contribution in [2.24, 2.45) is 0 Å². The zero-order chi connectivity index (χ0) is 28.8. The van der Waals surface area contributed by atoms with Gasteiger partial charge >= 0.3 is 15.5 Å². The summed E-state index contributed by atoms with van der Waals surface area (Å²) in [6.07, 6.45) is 0.623. The number of carbonyl (C=O) groups excluding carboxylic acids is 1. The molecule has 0 aliphatic rings. The number of alkyl halides is 3. The lowest BCUT2D eigenvalue weighted by molar-refractivity contribution is -0.0429. The van der Waals surface area contributed by atoms with Crippen LogP contribution in [0.15, 0.2) is 63.5 Å². The van der Waals surface area contributed by atoms with E-state index in [1.807, 2.05) is 23.6 Å². The smallest absolute Gasteiger partial charge is 0.455 e. The fourth-order valence-electron chi connectivity index (χ4n) is 4.28. The Morgan fingerprint density at radius 2 is 1.85 bits per heavy atom. The number of fused-ring (bicyclic) bond motifs is 2. The minimum Gasteiger partial charge on any atom is -0.455 e. The van der Waals surface area contributed by atoms with Crippen LogP contribution in [-0.4, -0.2) is 41.4 Å². The molecule has 1 amide bonds. The maximum absolute atomic E-state index is 13.0. The number of hydrogen-bond acceptors (Lipinski definition) is 6. The second kappa shape index (κ2) is 10.2. The van der Waals surface area contributed by atoms with Gasteiger partial charge < -0.3 is 14.3 Å². The normalized spacial score (nSPS) is 12.2. The third-order valence-electron chi connectivity index (χ3n) is 6.20. The molecule has 0 fully saturated rings. The summed E-state index contributed by atoms with van der Waals surface area (Å²) < 4.78 is 72.5. The fourth-order valence-corrected chi connectivity index (χ4v) is 5.47. The van der Waals surface area contributed by atoms with Crippen LogP contribution in [0.1, 0.15) is 28.8 Å². The topological polar surface area (TPSA) is 119 Å². The molecule has 208 valence electrons. The fraction of sp³-hybridized carbons (Fsp3) is 0.192. The quantitative estimate of drug-likeness (QED) is 0.232. The lowest BCUT2D eigenvalue weighted by atomic mass is 10.1. The minimum absolute atomic E-state index is 0.125. The Labute approximate surface area is 234 Å². The first-order valence-corrected chi connectivity index (χ1v) is 14.2. The molecule has 0 aliphatic carbocycles. The number of halogens is 4. The Bertz CT molecular complexity index is 1880. The first-order valence-electron chi connectivity index (χ1n) is 11.9. The average molecular weight is 636 g/mol. The number of carbonyl (C=O) groups is 1. The third-order valence-corrected chi connectivity index (χ3v) is 8.09. The number of furan rings is 1. The van der Waals surface area contributed by atoms with E-state index in [2.05, 4.69) is 31.2 Å². The molecule has 0 bridgehead atoms. The number of pyridine rings is 1. The molecule has 0 aliphatic heterocycles. The Morgan fingerprint density at radius 3 is 2.55 bits per heavy atom. The number of nitrogens with zero attached hydrogens (tertiary/aromatic N) is 3. The summed E-state index contributed by atoms with van der Waals surface area (Å²) >= 11 is 3.49. The average Bonchev–Trinajstić information content (AvgIpc) is 3.44. The zero-order valence-corrected chi connectivity index (χ0v) is 23.4. The standard InChI is InChI=1S/C26H21BrF3N5O4S/c1-3-21-32-18-9-10-19(25(36)31-2)33-24(18)35(21)13-14-8-11-20-16(12-14)22(27)23(39-20)15-6-4-5-7-17(15)34-40(37,38)26(28,29)30/h4-12,34H,3,13H2,1-2H3,(H,31,36). The lowest BCUT2D eigenvalue weighted by Gasteiger charge is -2.13. The third kappa shape index (κ3) is 4.92. The van der Waals surface area contributed by atoms with Gasteiger partial charge in [0.2, 0.25) is 0 Å². The summed E-state index contributed by atoms with van der Waals surface area (Å²) in [5.41, 5.74) is -2.90. The van der Waals surface area contributed by atoms with Crippen molar-refractivity contribution in [1.82, 2.24) is 19.9 Å². The van der Waals surface area contributed by atoms with Crippen molar-refractivity contribution in [3.8, 4) is 11.3 Å². The van der Waals surface area contributed by atoms with Crippen LogP contribution in [0.5, 0.6) is 0 Å². The van der Waals surface area contributed by atoms with E-state index in [-0.39, 0.29) is 28.6 Å². The predicted molar refractivity (Wildman–Crippen MR) is 147 cm³/mol. The molecule has 5 rings (SSSR count). The van der Waals surface area contributed by atoms with Crippen LogP contribution in [0, 0.1) is 0 Å². The van der Waals surface area contributed by atoms with Gasteiger partial charge in [0.25, 0.3) is 5.91 Å². The van der Waals surface area contributed by atoms with E-state index < -0.39 is 15.5 Å². The largest absolute Gasteiger partial charge is 0.516 e. The van der Waals surface area contributed by atoms with E-state index in [0.717, 1.165) is 11.4 Å². The van der Waals surface area contributed by atoms with Gasteiger partial charge in [-0.15, -0.1) is 0 Å². The zero-order valence-electron chi connectivity index (χ0n) is 21.0. The van der Waals surface area contributed by atoms with E-state index >= 15 is 0 Å². The maximum atomic E-state index is 13.0. The van der Waals surface area contributed by atoms with Crippen molar-refractivity contribution in [3.05, 3.63) is 76.2 Å². The van der Waals surface area contributed by atoms with Crippen molar-refractivity contribution < 1.29 is 30.8 Å². The van der Waals surface area contributed by atoms with Gasteiger partial charge in [0, 0.05) is 24.4 Å². The highest BCUT2D eigenvalue weighted by Crippen LogP contribution is 2.42. The number of benzene rings is 2. The number of sulfonamides is 1. The lowest BCUT2D eigenvalue weighted by Crippen LogP contribution is -2.30. The summed E-state index contributed by atoms with van der Waals surface area (Å²) in [7, 11) is -4.11. The van der Waals surface area contributed by atoms with Crippen molar-refractivity contribution in [2.75, 3.05) is 11.8 Å². The van der Waals surface area contributed by atoms with Crippen LogP contribution in [0.3, 0.4) is 0 Å². The first kappa shape index (κ1) is 27.6. The van der Waals surface area contributed by atoms with E-state index in [1.165, 1.54) is 25.2 Å². The van der Waals surface area contributed by atoms with Crippen LogP contribution < -0.4 is 10.0 Å². The van der Waals surface area contributed by atoms with Gasteiger partial charge in [-0.25, -0.2) is 9.97 Å². The van der Waals surface area contributed by atoms with Crippen LogP contribution in [-0.2, 0) is 23.0 Å². The van der Waals surface area contributed by atoms with Crippen LogP contribution >= 0.6 is 15.9 Å². The number of aryl methyl sites for hydroxylation is 1. The number of hydrogen-bond donors (Lipinski definition) is 2. The molecule has 0 atom stereocenters. The molecular weight excluding hydrogens is 615 g/mol. The number of aromatic nitrogens is 3. The molecule has 5 aromatic rings. The SMILES string of the molecule is CCc1nc2ccc(C(=O)NC)nc2n1Cc1ccc2oc(-c3ccccc3NS(=O)(=O)C(F)(F)F)c(Br)c2c1. The van der Waals surface area contributed by atoms with Gasteiger partial charge in [-0.2, -0.15) is 21.6 Å². The second-order valence-electron chi connectivity index (χ2n) is 8.76. The highest BCUT2D eigenvalue weighted by molar-refractivity contribution is 9.10. The van der Waals surface area contributed by atoms with E-state index in [9.17, 15) is 26.4 Å². The highest BCUT2D eigenvalue weighted by atomic mass is 79.9. The second-order valence-corrected chi connectivity index (χ2v) is 11.2. The number of rotatable bonds is 7. The number of imidazole rings is 1. The van der Waals surface area contributed by atoms with Crippen molar-refractivity contribution in [2.45, 2.75) is 25.4 Å². The summed E-state index contributed by atoms with van der Waals surface area (Å²) in [5.74, 6) is 0.614. The highest BCUT2D eigenvalue weighted by Gasteiger charge is 2.46. The molecule has 0 spiro atoms. The predicted octanol–water partition coefficient (Wildman–Crippen LogP) is 5.84. The molecule has 14 heteroatoms. The molecule has 40 heavy (non-hydrogen) atoms. The Hall–Kier alpha value is -3.91. The molecular formula is C26H21BrF3N5O4S. The van der Waals surface area contributed by atoms with Crippen LogP contribution in [0.4, 0.5) is 18.9 Å². The van der Waals surface area contributed by atoms with Gasteiger partial charge in [-0.3, -0.25) is 9.52 Å². The minimum atomic E-state index is -5.64. The van der Waals surface area contributed by atoms with Gasteiger partial charge in [-0.1, -0.05) is 25.1 Å². The van der Waals surface area contributed by atoms with Crippen LogP contribution in [0.2, 0.25) is 0 Å². The van der Waals surface area contributed by atoms with Gasteiger partial charge in [0.15, 0.2) is 11.4 Å². The molecule has 3 aromatic heterocycles. The molecule has 2 N–H and O–H groups in total. The van der Waals surface area contributed by atoms with Gasteiger partial charge in [0.05, 0.1) is 16.7 Å². The number of para-hydroxylation sites is 1. The van der Waals surface area contributed by atoms with E-state index in [0.29, 0.717) is 39.6 Å².